The summed E-state index contributed by atoms with van der Waals surface area (Å²) in [5, 5.41) is 1.13. The number of sulfonamides is 1. The maximum Gasteiger partial charge on any atom is 0.233 e. The van der Waals surface area contributed by atoms with Crippen LogP contribution in [0.15, 0.2) is 35.7 Å². The molecule has 1 aromatic rings. The van der Waals surface area contributed by atoms with Gasteiger partial charge in [-0.3, -0.25) is 4.79 Å². The Balaban J connectivity index is 1.76. The van der Waals surface area contributed by atoms with E-state index in [1.165, 1.54) is 6.08 Å². The van der Waals surface area contributed by atoms with Gasteiger partial charge >= 0.3 is 0 Å². The van der Waals surface area contributed by atoms with Gasteiger partial charge in [0.2, 0.25) is 15.9 Å². The van der Waals surface area contributed by atoms with E-state index in [9.17, 15) is 13.2 Å². The van der Waals surface area contributed by atoms with E-state index in [0.29, 0.717) is 5.92 Å². The molecule has 23 heavy (non-hydrogen) atoms. The third-order valence-corrected chi connectivity index (χ3v) is 5.12. The third kappa shape index (κ3) is 6.15. The molecule has 0 aliphatic carbocycles. The number of nitrogens with zero attached hydrogens (tertiary/aromatic N) is 1. The minimum absolute atomic E-state index is 0.0200. The van der Waals surface area contributed by atoms with Crippen molar-refractivity contribution in [3.05, 3.63) is 41.3 Å². The van der Waals surface area contributed by atoms with Gasteiger partial charge in [0.25, 0.3) is 0 Å². The molecule has 0 aromatic heterocycles. The van der Waals surface area contributed by atoms with Gasteiger partial charge in [-0.2, -0.15) is 0 Å². The van der Waals surface area contributed by atoms with E-state index in [1.54, 1.807) is 0 Å². The van der Waals surface area contributed by atoms with Crippen LogP contribution in [0.5, 0.6) is 0 Å². The van der Waals surface area contributed by atoms with Gasteiger partial charge in [-0.05, 0) is 30.4 Å². The van der Waals surface area contributed by atoms with E-state index >= 15 is 0 Å². The van der Waals surface area contributed by atoms with Crippen LogP contribution in [0.3, 0.4) is 0 Å². The molecule has 1 saturated heterocycles. The smallest absolute Gasteiger partial charge is 0.233 e. The fourth-order valence-corrected chi connectivity index (χ4v) is 3.32. The van der Waals surface area contributed by atoms with E-state index in [-0.39, 0.29) is 18.9 Å². The average molecular weight is 336 g/mol. The summed E-state index contributed by atoms with van der Waals surface area (Å²) in [7, 11) is -3.52. The Morgan fingerprint density at radius 3 is 2.57 bits per heavy atom. The van der Waals surface area contributed by atoms with Crippen LogP contribution >= 0.6 is 0 Å². The second kappa shape index (κ2) is 8.26. The standard InChI is InChI=1S/C17H24N2O3S/c1-15-8-12-19(13-9-15)17(20)7-11-18-23(21,22)14-10-16-5-3-2-4-6-16/h2-6,10,14-15,18H,7-9,11-13H2,1H3/b14-10+. The third-order valence-electron chi connectivity index (χ3n) is 4.02. The zero-order chi connectivity index (χ0) is 16.7. The van der Waals surface area contributed by atoms with Crippen LogP contribution in [0.25, 0.3) is 6.08 Å². The van der Waals surface area contributed by atoms with Crippen LogP contribution in [0.2, 0.25) is 0 Å². The van der Waals surface area contributed by atoms with Crippen molar-refractivity contribution in [1.29, 1.82) is 0 Å². The Bertz CT molecular complexity index is 633. The van der Waals surface area contributed by atoms with Gasteiger partial charge in [0.05, 0.1) is 0 Å². The summed E-state index contributed by atoms with van der Waals surface area (Å²) in [6.45, 7) is 3.88. The monoisotopic (exact) mass is 336 g/mol. The average Bonchev–Trinajstić information content (AvgIpc) is 2.54. The summed E-state index contributed by atoms with van der Waals surface area (Å²) in [5.41, 5.74) is 0.816. The molecule has 2 rings (SSSR count). The van der Waals surface area contributed by atoms with Crippen LogP contribution in [-0.2, 0) is 14.8 Å². The molecule has 1 aliphatic rings. The lowest BCUT2D eigenvalue weighted by Crippen LogP contribution is -2.39. The molecular weight excluding hydrogens is 312 g/mol. The van der Waals surface area contributed by atoms with Crippen LogP contribution in [0, 0.1) is 5.92 Å². The molecule has 0 spiro atoms. The highest BCUT2D eigenvalue weighted by Gasteiger charge is 2.20. The van der Waals surface area contributed by atoms with Crippen molar-refractivity contribution in [3.8, 4) is 0 Å². The van der Waals surface area contributed by atoms with Crippen molar-refractivity contribution in [1.82, 2.24) is 9.62 Å². The number of likely N-dealkylation sites (tertiary alicyclic amines) is 1. The normalized spacial score (nSPS) is 16.8. The first-order valence-corrected chi connectivity index (χ1v) is 9.51. The molecule has 0 unspecified atom stereocenters. The quantitative estimate of drug-likeness (QED) is 0.866. The number of carbonyl (C=O) groups is 1. The highest BCUT2D eigenvalue weighted by atomic mass is 32.2. The number of hydrogen-bond acceptors (Lipinski definition) is 3. The Morgan fingerprint density at radius 1 is 1.26 bits per heavy atom. The summed E-state index contributed by atoms with van der Waals surface area (Å²) in [6, 6.07) is 9.21. The minimum atomic E-state index is -3.52. The van der Waals surface area contributed by atoms with Crippen molar-refractivity contribution in [2.75, 3.05) is 19.6 Å². The van der Waals surface area contributed by atoms with Gasteiger partial charge in [0.1, 0.15) is 0 Å². The second-order valence-corrected chi connectivity index (χ2v) is 7.62. The van der Waals surface area contributed by atoms with E-state index in [1.807, 2.05) is 35.2 Å². The summed E-state index contributed by atoms with van der Waals surface area (Å²) in [5.74, 6) is 0.687. The summed E-state index contributed by atoms with van der Waals surface area (Å²) < 4.78 is 26.2. The number of hydrogen-bond donors (Lipinski definition) is 1. The zero-order valence-corrected chi connectivity index (χ0v) is 14.3. The summed E-state index contributed by atoms with van der Waals surface area (Å²) >= 11 is 0. The van der Waals surface area contributed by atoms with E-state index in [0.717, 1.165) is 36.9 Å². The van der Waals surface area contributed by atoms with E-state index in [2.05, 4.69) is 11.6 Å². The molecule has 0 radical (unpaired) electrons. The van der Waals surface area contributed by atoms with Gasteiger partial charge < -0.3 is 4.90 Å². The molecule has 1 N–H and O–H groups in total. The molecule has 0 bridgehead atoms. The number of amides is 1. The number of carbonyl (C=O) groups excluding carboxylic acids is 1. The molecule has 6 heteroatoms. The molecular formula is C17H24N2O3S. The maximum absolute atomic E-state index is 12.0. The predicted molar refractivity (Wildman–Crippen MR) is 92.0 cm³/mol. The lowest BCUT2D eigenvalue weighted by Gasteiger charge is -2.30. The molecule has 5 nitrogen and oxygen atoms in total. The summed E-state index contributed by atoms with van der Waals surface area (Å²) in [4.78, 5) is 13.9. The molecule has 1 amide bonds. The van der Waals surface area contributed by atoms with Crippen LogP contribution in [0.4, 0.5) is 0 Å². The Hall–Kier alpha value is -1.66. The molecule has 126 valence electrons. The van der Waals surface area contributed by atoms with Crippen molar-refractivity contribution >= 4 is 22.0 Å². The topological polar surface area (TPSA) is 66.5 Å². The Labute approximate surface area is 138 Å². The van der Waals surface area contributed by atoms with E-state index in [4.69, 9.17) is 0 Å². The SMILES string of the molecule is CC1CCN(C(=O)CCNS(=O)(=O)/C=C/c2ccccc2)CC1. The first kappa shape index (κ1) is 17.7. The lowest BCUT2D eigenvalue weighted by atomic mass is 9.99. The Kier molecular flexibility index (Phi) is 6.36. The number of rotatable bonds is 6. The highest BCUT2D eigenvalue weighted by Crippen LogP contribution is 2.16. The number of benzene rings is 1. The van der Waals surface area contributed by atoms with Crippen LogP contribution in [0.1, 0.15) is 31.7 Å². The molecule has 1 fully saturated rings. The van der Waals surface area contributed by atoms with Crippen molar-refractivity contribution in [3.63, 3.8) is 0 Å². The largest absolute Gasteiger partial charge is 0.343 e. The minimum Gasteiger partial charge on any atom is -0.343 e. The lowest BCUT2D eigenvalue weighted by molar-refractivity contribution is -0.132. The highest BCUT2D eigenvalue weighted by molar-refractivity contribution is 7.92. The molecule has 0 saturated carbocycles. The maximum atomic E-state index is 12.0. The van der Waals surface area contributed by atoms with Crippen molar-refractivity contribution in [2.24, 2.45) is 5.92 Å². The van der Waals surface area contributed by atoms with Crippen LogP contribution in [-0.4, -0.2) is 38.9 Å². The number of piperidine rings is 1. The van der Waals surface area contributed by atoms with Crippen molar-refractivity contribution in [2.45, 2.75) is 26.2 Å². The second-order valence-electron chi connectivity index (χ2n) is 5.97. The summed E-state index contributed by atoms with van der Waals surface area (Å²) in [6.07, 6.45) is 3.79. The molecule has 1 aliphatic heterocycles. The number of nitrogens with one attached hydrogen (secondary N) is 1. The Morgan fingerprint density at radius 2 is 1.91 bits per heavy atom. The van der Waals surface area contributed by atoms with Gasteiger partial charge in [-0.1, -0.05) is 37.3 Å². The fourth-order valence-electron chi connectivity index (χ4n) is 2.50. The fraction of sp³-hybridized carbons (Fsp3) is 0.471. The van der Waals surface area contributed by atoms with Crippen LogP contribution < -0.4 is 4.72 Å². The first-order chi connectivity index (χ1) is 11.0. The van der Waals surface area contributed by atoms with Crippen molar-refractivity contribution < 1.29 is 13.2 Å². The zero-order valence-electron chi connectivity index (χ0n) is 13.4. The van der Waals surface area contributed by atoms with Gasteiger partial charge in [-0.15, -0.1) is 0 Å². The molecule has 1 aromatic carbocycles. The molecule has 0 atom stereocenters. The van der Waals surface area contributed by atoms with Gasteiger partial charge in [-0.25, -0.2) is 13.1 Å². The predicted octanol–water partition coefficient (Wildman–Crippen LogP) is 2.23. The van der Waals surface area contributed by atoms with Gasteiger partial charge in [0.15, 0.2) is 0 Å². The van der Waals surface area contributed by atoms with E-state index < -0.39 is 10.0 Å². The van der Waals surface area contributed by atoms with Gasteiger partial charge in [0, 0.05) is 31.5 Å². The first-order valence-electron chi connectivity index (χ1n) is 7.97. The molecule has 1 heterocycles.